The van der Waals surface area contributed by atoms with E-state index >= 15 is 0 Å². The first-order valence-electron chi connectivity index (χ1n) is 9.79. The molecule has 1 aromatic heterocycles. The van der Waals surface area contributed by atoms with E-state index in [1.165, 1.54) is 5.56 Å². The van der Waals surface area contributed by atoms with E-state index in [0.29, 0.717) is 37.7 Å². The molecule has 0 N–H and O–H groups in total. The number of fused-ring (bicyclic) bond motifs is 1. The molecule has 0 radical (unpaired) electrons. The number of aromatic nitrogens is 2. The molecule has 0 saturated carbocycles. The predicted molar refractivity (Wildman–Crippen MR) is 107 cm³/mol. The molecule has 0 bridgehead atoms. The van der Waals surface area contributed by atoms with E-state index in [4.69, 9.17) is 0 Å². The number of hydrogen-bond acceptors (Lipinski definition) is 5. The Morgan fingerprint density at radius 2 is 1.68 bits per heavy atom. The molecule has 2 aliphatic rings. The van der Waals surface area contributed by atoms with Gasteiger partial charge in [-0.25, -0.2) is 9.97 Å². The van der Waals surface area contributed by atoms with Gasteiger partial charge < -0.3 is 14.7 Å². The van der Waals surface area contributed by atoms with Crippen LogP contribution in [0.25, 0.3) is 0 Å². The highest BCUT2D eigenvalue weighted by Crippen LogP contribution is 2.32. The fraction of sp³-hybridized carbons (Fsp3) is 0.429. The Balaban J connectivity index is 1.59. The van der Waals surface area contributed by atoms with Gasteiger partial charge in [-0.2, -0.15) is 0 Å². The number of piperazine rings is 1. The molecule has 2 aliphatic heterocycles. The van der Waals surface area contributed by atoms with Gasteiger partial charge in [-0.3, -0.25) is 9.59 Å². The molecule has 1 saturated heterocycles. The number of nitrogens with zero attached hydrogens (tertiary/aromatic N) is 5. The van der Waals surface area contributed by atoms with E-state index in [9.17, 15) is 9.59 Å². The normalized spacial score (nSPS) is 16.7. The van der Waals surface area contributed by atoms with Gasteiger partial charge in [-0.1, -0.05) is 18.2 Å². The molecule has 1 fully saturated rings. The molecule has 2 aromatic rings. The molecule has 0 aliphatic carbocycles. The summed E-state index contributed by atoms with van der Waals surface area (Å²) in [6, 6.07) is 10.1. The summed E-state index contributed by atoms with van der Waals surface area (Å²) in [6.07, 6.45) is 2.11. The minimum Gasteiger partial charge on any atom is -0.339 e. The topological polar surface area (TPSA) is 69.6 Å². The Hall–Kier alpha value is -2.96. The average molecular weight is 379 g/mol. The van der Waals surface area contributed by atoms with Crippen LogP contribution in [-0.2, 0) is 11.2 Å². The second-order valence-electron chi connectivity index (χ2n) is 7.34. The smallest absolute Gasteiger partial charge is 0.272 e. The summed E-state index contributed by atoms with van der Waals surface area (Å²) in [5, 5.41) is 0. The molecule has 4 rings (SSSR count). The highest BCUT2D eigenvalue weighted by atomic mass is 16.2. The minimum atomic E-state index is -0.0970. The van der Waals surface area contributed by atoms with E-state index in [2.05, 4.69) is 33.1 Å². The summed E-state index contributed by atoms with van der Waals surface area (Å²) < 4.78 is 0. The summed E-state index contributed by atoms with van der Waals surface area (Å²) in [5.74, 6) is 1.31. The van der Waals surface area contributed by atoms with Gasteiger partial charge in [0, 0.05) is 51.4 Å². The number of para-hydroxylation sites is 1. The summed E-state index contributed by atoms with van der Waals surface area (Å²) >= 11 is 0. The summed E-state index contributed by atoms with van der Waals surface area (Å²) in [5.41, 5.74) is 2.88. The van der Waals surface area contributed by atoms with Crippen LogP contribution < -0.4 is 4.90 Å². The first-order chi connectivity index (χ1) is 13.5. The van der Waals surface area contributed by atoms with Crippen LogP contribution in [0.5, 0.6) is 0 Å². The third-order valence-electron chi connectivity index (χ3n) is 5.44. The van der Waals surface area contributed by atoms with Gasteiger partial charge in [0.1, 0.15) is 17.3 Å². The fourth-order valence-corrected chi connectivity index (χ4v) is 3.96. The number of hydrogen-bond donors (Lipinski definition) is 0. The molecular formula is C21H25N5O2. The molecule has 0 unspecified atom stereocenters. The zero-order valence-electron chi connectivity index (χ0n) is 16.4. The molecule has 3 heterocycles. The molecule has 2 amide bonds. The third kappa shape index (κ3) is 3.56. The van der Waals surface area contributed by atoms with Crippen LogP contribution in [0.2, 0.25) is 0 Å². The SMILES string of the molecule is CC(=O)N1CCN(C(=O)c2cc(N3CCCc4ccccc43)nc(C)n2)CC1. The lowest BCUT2D eigenvalue weighted by Gasteiger charge is -2.34. The summed E-state index contributed by atoms with van der Waals surface area (Å²) in [4.78, 5) is 39.3. The minimum absolute atomic E-state index is 0.0519. The van der Waals surface area contributed by atoms with Crippen LogP contribution in [0, 0.1) is 6.92 Å². The van der Waals surface area contributed by atoms with Gasteiger partial charge in [0.25, 0.3) is 5.91 Å². The average Bonchev–Trinajstić information content (AvgIpc) is 2.72. The fourth-order valence-electron chi connectivity index (χ4n) is 3.96. The van der Waals surface area contributed by atoms with Crippen molar-refractivity contribution in [2.45, 2.75) is 26.7 Å². The second-order valence-corrected chi connectivity index (χ2v) is 7.34. The maximum atomic E-state index is 13.0. The Morgan fingerprint density at radius 1 is 0.964 bits per heavy atom. The lowest BCUT2D eigenvalue weighted by atomic mass is 10.0. The zero-order chi connectivity index (χ0) is 19.7. The van der Waals surface area contributed by atoms with Gasteiger partial charge in [0.2, 0.25) is 5.91 Å². The number of benzene rings is 1. The molecule has 7 nitrogen and oxygen atoms in total. The second kappa shape index (κ2) is 7.58. The van der Waals surface area contributed by atoms with Gasteiger partial charge in [0.15, 0.2) is 0 Å². The maximum absolute atomic E-state index is 13.0. The van der Waals surface area contributed by atoms with Crippen LogP contribution in [-0.4, -0.2) is 64.3 Å². The number of carbonyl (C=O) groups excluding carboxylic acids is 2. The van der Waals surface area contributed by atoms with Crippen molar-refractivity contribution in [1.29, 1.82) is 0 Å². The number of carbonyl (C=O) groups is 2. The molecular weight excluding hydrogens is 354 g/mol. The third-order valence-corrected chi connectivity index (χ3v) is 5.44. The van der Waals surface area contributed by atoms with E-state index in [0.717, 1.165) is 30.9 Å². The predicted octanol–water partition coefficient (Wildman–Crippen LogP) is 2.17. The van der Waals surface area contributed by atoms with Crippen LogP contribution in [0.3, 0.4) is 0 Å². The monoisotopic (exact) mass is 379 g/mol. The first-order valence-corrected chi connectivity index (χ1v) is 9.79. The van der Waals surface area contributed by atoms with E-state index < -0.39 is 0 Å². The largest absolute Gasteiger partial charge is 0.339 e. The highest BCUT2D eigenvalue weighted by Gasteiger charge is 2.26. The maximum Gasteiger partial charge on any atom is 0.272 e. The molecule has 0 spiro atoms. The molecule has 28 heavy (non-hydrogen) atoms. The quantitative estimate of drug-likeness (QED) is 0.800. The first kappa shape index (κ1) is 18.4. The molecule has 146 valence electrons. The van der Waals surface area contributed by atoms with Gasteiger partial charge in [-0.05, 0) is 31.4 Å². The van der Waals surface area contributed by atoms with E-state index in [1.807, 2.05) is 13.0 Å². The van der Waals surface area contributed by atoms with Crippen LogP contribution >= 0.6 is 0 Å². The number of anilines is 2. The van der Waals surface area contributed by atoms with Crippen molar-refractivity contribution in [3.05, 3.63) is 47.4 Å². The van der Waals surface area contributed by atoms with Crippen molar-refractivity contribution in [2.75, 3.05) is 37.6 Å². The van der Waals surface area contributed by atoms with Crippen molar-refractivity contribution in [1.82, 2.24) is 19.8 Å². The lowest BCUT2D eigenvalue weighted by Crippen LogP contribution is -2.50. The van der Waals surface area contributed by atoms with Gasteiger partial charge in [0.05, 0.1) is 0 Å². The van der Waals surface area contributed by atoms with E-state index in [-0.39, 0.29) is 11.8 Å². The number of aryl methyl sites for hydroxylation is 2. The Morgan fingerprint density at radius 3 is 2.43 bits per heavy atom. The van der Waals surface area contributed by atoms with E-state index in [1.54, 1.807) is 22.8 Å². The van der Waals surface area contributed by atoms with Gasteiger partial charge in [-0.15, -0.1) is 0 Å². The zero-order valence-corrected chi connectivity index (χ0v) is 16.4. The van der Waals surface area contributed by atoms with Gasteiger partial charge >= 0.3 is 0 Å². The van der Waals surface area contributed by atoms with Crippen molar-refractivity contribution >= 4 is 23.3 Å². The van der Waals surface area contributed by atoms with Crippen LogP contribution in [0.1, 0.15) is 35.2 Å². The van der Waals surface area contributed by atoms with Crippen LogP contribution in [0.4, 0.5) is 11.5 Å². The van der Waals surface area contributed by atoms with Crippen molar-refractivity contribution in [3.8, 4) is 0 Å². The Kier molecular flexibility index (Phi) is 4.98. The van der Waals surface area contributed by atoms with Crippen molar-refractivity contribution < 1.29 is 9.59 Å². The molecule has 1 aromatic carbocycles. The highest BCUT2D eigenvalue weighted by molar-refractivity contribution is 5.93. The summed E-state index contributed by atoms with van der Waals surface area (Å²) in [7, 11) is 0. The Labute approximate surface area is 165 Å². The number of rotatable bonds is 2. The molecule has 7 heteroatoms. The lowest BCUT2D eigenvalue weighted by molar-refractivity contribution is -0.130. The number of amides is 2. The molecule has 0 atom stereocenters. The summed E-state index contributed by atoms with van der Waals surface area (Å²) in [6.45, 7) is 6.46. The Bertz CT molecular complexity index is 905. The van der Waals surface area contributed by atoms with Crippen LogP contribution in [0.15, 0.2) is 30.3 Å². The van der Waals surface area contributed by atoms with Crippen molar-refractivity contribution in [3.63, 3.8) is 0 Å². The standard InChI is InChI=1S/C21H25N5O2/c1-15-22-18(21(28)25-12-10-24(11-13-25)16(2)27)14-20(23-15)26-9-5-7-17-6-3-4-8-19(17)26/h3-4,6,8,14H,5,7,9-13H2,1-2H3. The van der Waals surface area contributed by atoms with Crippen molar-refractivity contribution in [2.24, 2.45) is 0 Å².